The third kappa shape index (κ3) is 3.85. The first-order valence-corrected chi connectivity index (χ1v) is 11.4. The van der Waals surface area contributed by atoms with Crippen molar-refractivity contribution in [2.45, 2.75) is 13.8 Å². The maximum absolute atomic E-state index is 13.0. The minimum absolute atomic E-state index is 0.00148. The van der Waals surface area contributed by atoms with E-state index in [4.69, 9.17) is 0 Å². The number of aryl methyl sites for hydroxylation is 2. The van der Waals surface area contributed by atoms with Gasteiger partial charge in [-0.2, -0.15) is 0 Å². The number of ketones is 1. The summed E-state index contributed by atoms with van der Waals surface area (Å²) in [5.41, 5.74) is 3.22. The molecule has 0 aliphatic carbocycles. The van der Waals surface area contributed by atoms with Crippen molar-refractivity contribution in [1.82, 2.24) is 14.9 Å². The van der Waals surface area contributed by atoms with Crippen molar-refractivity contribution >= 4 is 29.0 Å². The third-order valence-electron chi connectivity index (χ3n) is 6.17. The maximum Gasteiger partial charge on any atom is 0.253 e. The van der Waals surface area contributed by atoms with Crippen LogP contribution in [0.15, 0.2) is 47.8 Å². The van der Waals surface area contributed by atoms with E-state index >= 15 is 0 Å². The van der Waals surface area contributed by atoms with Crippen molar-refractivity contribution in [2.75, 3.05) is 31.1 Å². The van der Waals surface area contributed by atoms with Gasteiger partial charge in [0.15, 0.2) is 0 Å². The van der Waals surface area contributed by atoms with Gasteiger partial charge < -0.3 is 9.80 Å². The van der Waals surface area contributed by atoms with Gasteiger partial charge in [0, 0.05) is 60.5 Å². The molecule has 1 aromatic carbocycles. The molecule has 2 atom stereocenters. The van der Waals surface area contributed by atoms with Gasteiger partial charge in [-0.25, -0.2) is 9.97 Å². The molecule has 2 fully saturated rings. The van der Waals surface area contributed by atoms with Gasteiger partial charge in [0.2, 0.25) is 11.7 Å². The van der Waals surface area contributed by atoms with Gasteiger partial charge in [0.25, 0.3) is 5.91 Å². The minimum atomic E-state index is -0.00148. The molecule has 6 nitrogen and oxygen atoms in total. The predicted molar refractivity (Wildman–Crippen MR) is 121 cm³/mol. The summed E-state index contributed by atoms with van der Waals surface area (Å²) in [5.74, 6) is 1.72. The van der Waals surface area contributed by atoms with E-state index in [-0.39, 0.29) is 11.7 Å². The zero-order valence-corrected chi connectivity index (χ0v) is 18.4. The standard InChI is InChI=1S/C24H24N4O2S/c1-15-10-16(2)26-24(25-15)28-13-19-11-27(12-20(19)14-28)23(30)18-7-5-17(6-8-18)22(29)21-4-3-9-31-21/h3-10,19-20H,11-14H2,1-2H3. The first-order valence-electron chi connectivity index (χ1n) is 10.5. The van der Waals surface area contributed by atoms with Gasteiger partial charge in [-0.15, -0.1) is 11.3 Å². The number of anilines is 1. The molecule has 7 heteroatoms. The number of thiophene rings is 1. The van der Waals surface area contributed by atoms with Crippen molar-refractivity contribution in [3.8, 4) is 0 Å². The van der Waals surface area contributed by atoms with E-state index in [1.54, 1.807) is 24.3 Å². The molecular formula is C24H24N4O2S. The Hall–Kier alpha value is -3.06. The molecule has 0 N–H and O–H groups in total. The lowest BCUT2D eigenvalue weighted by Gasteiger charge is -2.22. The van der Waals surface area contributed by atoms with Crippen LogP contribution >= 0.6 is 11.3 Å². The fourth-order valence-electron chi connectivity index (χ4n) is 4.67. The van der Waals surface area contributed by atoms with E-state index in [1.807, 2.05) is 42.3 Å². The highest BCUT2D eigenvalue weighted by atomic mass is 32.1. The highest BCUT2D eigenvalue weighted by Gasteiger charge is 2.42. The van der Waals surface area contributed by atoms with Crippen molar-refractivity contribution in [1.29, 1.82) is 0 Å². The summed E-state index contributed by atoms with van der Waals surface area (Å²) < 4.78 is 0. The van der Waals surface area contributed by atoms with E-state index in [0.29, 0.717) is 27.8 Å². The average Bonchev–Trinajstić information content (AvgIpc) is 3.48. The van der Waals surface area contributed by atoms with Crippen molar-refractivity contribution in [3.05, 3.63) is 75.2 Å². The second-order valence-corrected chi connectivity index (χ2v) is 9.42. The van der Waals surface area contributed by atoms with Gasteiger partial charge in [0.1, 0.15) is 0 Å². The molecule has 1 amide bonds. The van der Waals surface area contributed by atoms with Crippen LogP contribution in [-0.2, 0) is 0 Å². The van der Waals surface area contributed by atoms with Crippen LogP contribution in [0, 0.1) is 25.7 Å². The van der Waals surface area contributed by atoms with Crippen LogP contribution in [0.25, 0.3) is 0 Å². The van der Waals surface area contributed by atoms with E-state index in [2.05, 4.69) is 14.9 Å². The molecule has 2 aliphatic heterocycles. The smallest absolute Gasteiger partial charge is 0.253 e. The molecule has 2 aromatic heterocycles. The van der Waals surface area contributed by atoms with E-state index < -0.39 is 0 Å². The van der Waals surface area contributed by atoms with Crippen molar-refractivity contribution < 1.29 is 9.59 Å². The lowest BCUT2D eigenvalue weighted by molar-refractivity contribution is 0.0782. The molecule has 2 aliphatic rings. The Morgan fingerprint density at radius 2 is 1.52 bits per heavy atom. The molecule has 5 rings (SSSR count). The van der Waals surface area contributed by atoms with Gasteiger partial charge in [-0.05, 0) is 43.5 Å². The topological polar surface area (TPSA) is 66.4 Å². The van der Waals surface area contributed by atoms with Gasteiger partial charge in [-0.3, -0.25) is 9.59 Å². The fourth-order valence-corrected chi connectivity index (χ4v) is 5.35. The largest absolute Gasteiger partial charge is 0.340 e. The maximum atomic E-state index is 13.0. The lowest BCUT2D eigenvalue weighted by Crippen LogP contribution is -2.33. The van der Waals surface area contributed by atoms with Gasteiger partial charge in [-0.1, -0.05) is 18.2 Å². The molecule has 0 spiro atoms. The van der Waals surface area contributed by atoms with Crippen molar-refractivity contribution in [2.24, 2.45) is 11.8 Å². The Morgan fingerprint density at radius 1 is 0.903 bits per heavy atom. The van der Waals surface area contributed by atoms with Crippen LogP contribution in [0.2, 0.25) is 0 Å². The molecule has 158 valence electrons. The SMILES string of the molecule is Cc1cc(C)nc(N2CC3CN(C(=O)c4ccc(C(=O)c5cccs5)cc4)CC3C2)n1. The van der Waals surface area contributed by atoms with E-state index in [1.165, 1.54) is 11.3 Å². The molecule has 0 radical (unpaired) electrons. The van der Waals surface area contributed by atoms with Crippen LogP contribution in [0.1, 0.15) is 37.0 Å². The monoisotopic (exact) mass is 432 g/mol. The Bertz CT molecular complexity index is 1090. The highest BCUT2D eigenvalue weighted by Crippen LogP contribution is 2.33. The summed E-state index contributed by atoms with van der Waals surface area (Å²) in [6.45, 7) is 7.25. The molecule has 4 heterocycles. The Kier molecular flexibility index (Phi) is 5.06. The molecular weight excluding hydrogens is 408 g/mol. The van der Waals surface area contributed by atoms with Gasteiger partial charge in [0.05, 0.1) is 4.88 Å². The summed E-state index contributed by atoms with van der Waals surface area (Å²) in [7, 11) is 0. The quantitative estimate of drug-likeness (QED) is 0.590. The number of carbonyl (C=O) groups excluding carboxylic acids is 2. The second kappa shape index (κ2) is 7.89. The molecule has 0 saturated carbocycles. The van der Waals surface area contributed by atoms with Crippen LogP contribution in [0.3, 0.4) is 0 Å². The number of hydrogen-bond acceptors (Lipinski definition) is 6. The number of amides is 1. The normalized spacial score (nSPS) is 20.2. The fraction of sp³-hybridized carbons (Fsp3) is 0.333. The second-order valence-electron chi connectivity index (χ2n) is 8.47. The van der Waals surface area contributed by atoms with Crippen LogP contribution in [0.4, 0.5) is 5.95 Å². The number of carbonyl (C=O) groups is 2. The lowest BCUT2D eigenvalue weighted by atomic mass is 10.0. The molecule has 31 heavy (non-hydrogen) atoms. The number of aromatic nitrogens is 2. The summed E-state index contributed by atoms with van der Waals surface area (Å²) >= 11 is 1.43. The Balaban J connectivity index is 1.23. The number of fused-ring (bicyclic) bond motifs is 1. The zero-order chi connectivity index (χ0) is 21.5. The average molecular weight is 433 g/mol. The number of benzene rings is 1. The zero-order valence-electron chi connectivity index (χ0n) is 17.6. The summed E-state index contributed by atoms with van der Waals surface area (Å²) in [6, 6.07) is 12.7. The molecule has 2 saturated heterocycles. The minimum Gasteiger partial charge on any atom is -0.340 e. The number of rotatable bonds is 4. The van der Waals surface area contributed by atoms with E-state index in [0.717, 1.165) is 43.5 Å². The molecule has 2 unspecified atom stereocenters. The van der Waals surface area contributed by atoms with Crippen molar-refractivity contribution in [3.63, 3.8) is 0 Å². The number of hydrogen-bond donors (Lipinski definition) is 0. The number of likely N-dealkylation sites (tertiary alicyclic amines) is 1. The summed E-state index contributed by atoms with van der Waals surface area (Å²) in [6.07, 6.45) is 0. The van der Waals surface area contributed by atoms with Crippen LogP contribution < -0.4 is 4.90 Å². The van der Waals surface area contributed by atoms with E-state index in [9.17, 15) is 9.59 Å². The molecule has 3 aromatic rings. The van der Waals surface area contributed by atoms with Crippen LogP contribution in [0.5, 0.6) is 0 Å². The first kappa shape index (κ1) is 19.9. The molecule has 0 bridgehead atoms. The predicted octanol–water partition coefficient (Wildman–Crippen LogP) is 3.59. The number of nitrogens with zero attached hydrogens (tertiary/aromatic N) is 4. The Labute approximate surface area is 185 Å². The Morgan fingerprint density at radius 3 is 2.10 bits per heavy atom. The summed E-state index contributed by atoms with van der Waals surface area (Å²) in [4.78, 5) is 39.6. The van der Waals surface area contributed by atoms with Gasteiger partial charge >= 0.3 is 0 Å². The van der Waals surface area contributed by atoms with Crippen LogP contribution in [-0.4, -0.2) is 52.7 Å². The summed E-state index contributed by atoms with van der Waals surface area (Å²) in [5, 5.41) is 1.89. The third-order valence-corrected chi connectivity index (χ3v) is 7.03. The first-order chi connectivity index (χ1) is 15.0. The highest BCUT2D eigenvalue weighted by molar-refractivity contribution is 7.12.